The molecule has 0 aliphatic carbocycles. The molecule has 2 aromatic rings. The van der Waals surface area contributed by atoms with Crippen molar-refractivity contribution in [3.05, 3.63) is 58.4 Å². The van der Waals surface area contributed by atoms with Crippen LogP contribution in [-0.2, 0) is 6.54 Å². The van der Waals surface area contributed by atoms with Crippen molar-refractivity contribution in [3.8, 4) is 0 Å². The van der Waals surface area contributed by atoms with E-state index < -0.39 is 0 Å². The first-order valence-corrected chi connectivity index (χ1v) is 8.71. The standard InChI is InChI=1S/C20H27N3O/c1-15-6-4-5-7-18(15)13-22-8-10-23(11-9-22)14-20(24)19-12-16(2)21-17(19)3/h4-7,12,21H,8-11,13-14H2,1-3H3. The van der Waals surface area contributed by atoms with Crippen molar-refractivity contribution in [1.82, 2.24) is 14.8 Å². The van der Waals surface area contributed by atoms with Crippen LogP contribution in [0.15, 0.2) is 30.3 Å². The van der Waals surface area contributed by atoms with Gasteiger partial charge in [-0.2, -0.15) is 0 Å². The molecule has 4 nitrogen and oxygen atoms in total. The number of Topliss-reactive ketones (excluding diaryl/α,β-unsaturated/α-hetero) is 1. The quantitative estimate of drug-likeness (QED) is 0.859. The number of aromatic amines is 1. The Balaban J connectivity index is 1.51. The number of H-pyrrole nitrogens is 1. The normalized spacial score (nSPS) is 16.5. The number of aromatic nitrogens is 1. The molecule has 0 unspecified atom stereocenters. The van der Waals surface area contributed by atoms with E-state index in [0.29, 0.717) is 6.54 Å². The lowest BCUT2D eigenvalue weighted by molar-refractivity contribution is 0.0843. The second-order valence-electron chi connectivity index (χ2n) is 6.89. The molecule has 0 atom stereocenters. The molecule has 24 heavy (non-hydrogen) atoms. The van der Waals surface area contributed by atoms with Gasteiger partial charge in [0.15, 0.2) is 5.78 Å². The number of benzene rings is 1. The summed E-state index contributed by atoms with van der Waals surface area (Å²) < 4.78 is 0. The second kappa shape index (κ2) is 7.32. The van der Waals surface area contributed by atoms with E-state index in [-0.39, 0.29) is 5.78 Å². The molecule has 1 N–H and O–H groups in total. The molecule has 1 aromatic heterocycles. The maximum Gasteiger partial charge on any atom is 0.178 e. The summed E-state index contributed by atoms with van der Waals surface area (Å²) in [4.78, 5) is 20.5. The van der Waals surface area contributed by atoms with E-state index in [0.717, 1.165) is 49.7 Å². The fraction of sp³-hybridized carbons (Fsp3) is 0.450. The van der Waals surface area contributed by atoms with E-state index in [9.17, 15) is 4.79 Å². The van der Waals surface area contributed by atoms with E-state index in [1.807, 2.05) is 19.9 Å². The van der Waals surface area contributed by atoms with Gasteiger partial charge in [-0.15, -0.1) is 0 Å². The summed E-state index contributed by atoms with van der Waals surface area (Å²) in [5.41, 5.74) is 5.64. The highest BCUT2D eigenvalue weighted by molar-refractivity contribution is 5.98. The van der Waals surface area contributed by atoms with E-state index in [4.69, 9.17) is 0 Å². The molecule has 4 heteroatoms. The van der Waals surface area contributed by atoms with Crippen molar-refractivity contribution >= 4 is 5.78 Å². The van der Waals surface area contributed by atoms with Gasteiger partial charge in [0.1, 0.15) is 0 Å². The van der Waals surface area contributed by atoms with Gasteiger partial charge in [0, 0.05) is 49.7 Å². The molecule has 2 heterocycles. The molecule has 0 saturated carbocycles. The molecule has 1 saturated heterocycles. The molecule has 128 valence electrons. The predicted molar refractivity (Wildman–Crippen MR) is 97.5 cm³/mol. The Bertz CT molecular complexity index is 711. The highest BCUT2D eigenvalue weighted by atomic mass is 16.1. The number of rotatable bonds is 5. The summed E-state index contributed by atoms with van der Waals surface area (Å²) in [6.45, 7) is 11.6. The minimum atomic E-state index is 0.226. The molecule has 0 bridgehead atoms. The summed E-state index contributed by atoms with van der Waals surface area (Å²) in [6, 6.07) is 10.5. The average Bonchev–Trinajstić information content (AvgIpc) is 2.90. The fourth-order valence-electron chi connectivity index (χ4n) is 3.44. The minimum Gasteiger partial charge on any atom is -0.362 e. The van der Waals surface area contributed by atoms with Crippen LogP contribution < -0.4 is 0 Å². The molecule has 1 aromatic carbocycles. The van der Waals surface area contributed by atoms with Crippen molar-refractivity contribution < 1.29 is 4.79 Å². The number of nitrogens with one attached hydrogen (secondary N) is 1. The van der Waals surface area contributed by atoms with Crippen LogP contribution in [0.2, 0.25) is 0 Å². The van der Waals surface area contributed by atoms with Crippen LogP contribution in [0.1, 0.15) is 32.9 Å². The number of nitrogens with zero attached hydrogens (tertiary/aromatic N) is 2. The highest BCUT2D eigenvalue weighted by Gasteiger charge is 2.21. The first-order chi connectivity index (χ1) is 11.5. The summed E-state index contributed by atoms with van der Waals surface area (Å²) in [5, 5.41) is 0. The van der Waals surface area contributed by atoms with Crippen LogP contribution in [0.4, 0.5) is 0 Å². The number of piperazine rings is 1. The SMILES string of the molecule is Cc1cc(C(=O)CN2CCN(Cc3ccccc3C)CC2)c(C)[nH]1. The van der Waals surface area contributed by atoms with Crippen molar-refractivity contribution in [1.29, 1.82) is 0 Å². The molecule has 1 aliphatic heterocycles. The summed E-state index contributed by atoms with van der Waals surface area (Å²) in [5.74, 6) is 0.226. The van der Waals surface area contributed by atoms with Gasteiger partial charge < -0.3 is 4.98 Å². The topological polar surface area (TPSA) is 39.3 Å². The molecule has 1 aliphatic rings. The third-order valence-electron chi connectivity index (χ3n) is 4.94. The second-order valence-corrected chi connectivity index (χ2v) is 6.89. The van der Waals surface area contributed by atoms with Crippen LogP contribution in [0.25, 0.3) is 0 Å². The van der Waals surface area contributed by atoms with E-state index in [2.05, 4.69) is 46.0 Å². The fourth-order valence-corrected chi connectivity index (χ4v) is 3.44. The van der Waals surface area contributed by atoms with Crippen LogP contribution in [0.5, 0.6) is 0 Å². The first-order valence-electron chi connectivity index (χ1n) is 8.71. The van der Waals surface area contributed by atoms with Crippen LogP contribution in [0.3, 0.4) is 0 Å². The van der Waals surface area contributed by atoms with E-state index in [1.54, 1.807) is 0 Å². The molecule has 0 spiro atoms. The van der Waals surface area contributed by atoms with Crippen molar-refractivity contribution in [2.75, 3.05) is 32.7 Å². The third-order valence-corrected chi connectivity index (χ3v) is 4.94. The van der Waals surface area contributed by atoms with Gasteiger partial charge in [0.05, 0.1) is 6.54 Å². The van der Waals surface area contributed by atoms with Crippen molar-refractivity contribution in [2.24, 2.45) is 0 Å². The Morgan fingerprint density at radius 1 is 1.04 bits per heavy atom. The maximum absolute atomic E-state index is 12.5. The largest absolute Gasteiger partial charge is 0.362 e. The molecular formula is C20H27N3O. The Morgan fingerprint density at radius 3 is 2.33 bits per heavy atom. The predicted octanol–water partition coefficient (Wildman–Crippen LogP) is 2.94. The molecule has 0 amide bonds. The van der Waals surface area contributed by atoms with Gasteiger partial charge in [-0.3, -0.25) is 14.6 Å². The lowest BCUT2D eigenvalue weighted by Crippen LogP contribution is -2.47. The minimum absolute atomic E-state index is 0.226. The van der Waals surface area contributed by atoms with Gasteiger partial charge in [0.25, 0.3) is 0 Å². The van der Waals surface area contributed by atoms with Gasteiger partial charge >= 0.3 is 0 Å². The lowest BCUT2D eigenvalue weighted by atomic mass is 10.1. The number of carbonyl (C=O) groups is 1. The summed E-state index contributed by atoms with van der Waals surface area (Å²) in [7, 11) is 0. The van der Waals surface area contributed by atoms with Crippen LogP contribution >= 0.6 is 0 Å². The zero-order valence-electron chi connectivity index (χ0n) is 14.9. The number of hydrogen-bond donors (Lipinski definition) is 1. The van der Waals surface area contributed by atoms with Gasteiger partial charge in [-0.05, 0) is 38.0 Å². The van der Waals surface area contributed by atoms with Gasteiger partial charge in [-0.1, -0.05) is 24.3 Å². The van der Waals surface area contributed by atoms with Crippen LogP contribution in [0, 0.1) is 20.8 Å². The summed E-state index contributed by atoms with van der Waals surface area (Å²) >= 11 is 0. The first kappa shape index (κ1) is 16.9. The Morgan fingerprint density at radius 2 is 1.71 bits per heavy atom. The molecular weight excluding hydrogens is 298 g/mol. The zero-order chi connectivity index (χ0) is 17.1. The van der Waals surface area contributed by atoms with Crippen molar-refractivity contribution in [2.45, 2.75) is 27.3 Å². The number of hydrogen-bond acceptors (Lipinski definition) is 3. The number of ketones is 1. The van der Waals surface area contributed by atoms with Gasteiger partial charge in [-0.25, -0.2) is 0 Å². The smallest absolute Gasteiger partial charge is 0.178 e. The maximum atomic E-state index is 12.5. The monoisotopic (exact) mass is 325 g/mol. The molecule has 1 fully saturated rings. The van der Waals surface area contributed by atoms with Crippen LogP contribution in [-0.4, -0.2) is 53.3 Å². The van der Waals surface area contributed by atoms with E-state index in [1.165, 1.54) is 11.1 Å². The molecule has 3 rings (SSSR count). The average molecular weight is 325 g/mol. The lowest BCUT2D eigenvalue weighted by Gasteiger charge is -2.34. The highest BCUT2D eigenvalue weighted by Crippen LogP contribution is 2.14. The summed E-state index contributed by atoms with van der Waals surface area (Å²) in [6.07, 6.45) is 0. The number of aryl methyl sites for hydroxylation is 3. The molecule has 0 radical (unpaired) electrons. The zero-order valence-corrected chi connectivity index (χ0v) is 14.9. The number of carbonyl (C=O) groups excluding carboxylic acids is 1. The van der Waals surface area contributed by atoms with Gasteiger partial charge in [0.2, 0.25) is 0 Å². The Labute approximate surface area is 144 Å². The van der Waals surface area contributed by atoms with Crippen molar-refractivity contribution in [3.63, 3.8) is 0 Å². The Hall–Kier alpha value is -1.91. The Kier molecular flexibility index (Phi) is 5.17. The third kappa shape index (κ3) is 3.94. The van der Waals surface area contributed by atoms with E-state index >= 15 is 0 Å².